The lowest BCUT2D eigenvalue weighted by atomic mass is 10.0. The number of carbonyl (C=O) groups excluding carboxylic acids is 2. The number of aromatic nitrogens is 1. The molecule has 1 aliphatic rings. The Hall–Kier alpha value is -2.99. The van der Waals surface area contributed by atoms with E-state index in [1.54, 1.807) is 35.6 Å². The van der Waals surface area contributed by atoms with E-state index in [2.05, 4.69) is 15.6 Å². The number of carbonyl (C=O) groups is 2. The number of nitrogens with one attached hydrogen (secondary N) is 2. The smallest absolute Gasteiger partial charge is 0.257 e. The summed E-state index contributed by atoms with van der Waals surface area (Å²) < 4.78 is 0. The first-order valence-electron chi connectivity index (χ1n) is 9.41. The molecule has 1 heterocycles. The highest BCUT2D eigenvalue weighted by molar-refractivity contribution is 7.15. The van der Waals surface area contributed by atoms with Crippen molar-refractivity contribution in [2.45, 2.75) is 32.1 Å². The number of benzene rings is 2. The van der Waals surface area contributed by atoms with Crippen LogP contribution in [0.3, 0.4) is 0 Å². The molecule has 0 fully saturated rings. The van der Waals surface area contributed by atoms with Gasteiger partial charge in [0, 0.05) is 16.1 Å². The number of fused-ring (bicyclic) bond motifs is 1. The molecule has 0 spiro atoms. The van der Waals surface area contributed by atoms with E-state index in [9.17, 15) is 9.59 Å². The quantitative estimate of drug-likeness (QED) is 0.675. The summed E-state index contributed by atoms with van der Waals surface area (Å²) in [5, 5.41) is 6.41. The summed E-state index contributed by atoms with van der Waals surface area (Å²) in [7, 11) is 0. The van der Waals surface area contributed by atoms with Crippen molar-refractivity contribution in [1.82, 2.24) is 4.98 Å². The zero-order chi connectivity index (χ0) is 19.3. The van der Waals surface area contributed by atoms with Crippen LogP contribution in [0.2, 0.25) is 0 Å². The molecule has 142 valence electrons. The second-order valence-corrected chi connectivity index (χ2v) is 7.92. The number of rotatable bonds is 5. The first-order chi connectivity index (χ1) is 13.7. The summed E-state index contributed by atoms with van der Waals surface area (Å²) >= 11 is 1.57. The topological polar surface area (TPSA) is 71.1 Å². The van der Waals surface area contributed by atoms with Crippen LogP contribution in [0.5, 0.6) is 0 Å². The van der Waals surface area contributed by atoms with Gasteiger partial charge in [0.1, 0.15) is 0 Å². The van der Waals surface area contributed by atoms with E-state index in [1.807, 2.05) is 30.3 Å². The third kappa shape index (κ3) is 4.46. The van der Waals surface area contributed by atoms with E-state index in [4.69, 9.17) is 0 Å². The van der Waals surface area contributed by atoms with Crippen molar-refractivity contribution in [3.8, 4) is 0 Å². The molecule has 28 heavy (non-hydrogen) atoms. The molecule has 0 unspecified atom stereocenters. The average Bonchev–Trinajstić information content (AvgIpc) is 3.11. The van der Waals surface area contributed by atoms with Crippen LogP contribution < -0.4 is 10.6 Å². The van der Waals surface area contributed by atoms with Gasteiger partial charge in [-0.05, 0) is 55.5 Å². The second kappa shape index (κ2) is 8.35. The molecular weight excluding hydrogens is 370 g/mol. The average molecular weight is 391 g/mol. The van der Waals surface area contributed by atoms with Crippen molar-refractivity contribution >= 4 is 34.0 Å². The van der Waals surface area contributed by atoms with Gasteiger partial charge >= 0.3 is 0 Å². The fraction of sp³-hybridized carbons (Fsp3) is 0.227. The minimum absolute atomic E-state index is 0.0863. The molecule has 0 bridgehead atoms. The lowest BCUT2D eigenvalue weighted by molar-refractivity contribution is -0.115. The van der Waals surface area contributed by atoms with Crippen LogP contribution in [-0.4, -0.2) is 16.8 Å². The fourth-order valence-corrected chi connectivity index (χ4v) is 4.31. The predicted molar refractivity (Wildman–Crippen MR) is 112 cm³/mol. The number of hydrogen-bond donors (Lipinski definition) is 2. The maximum absolute atomic E-state index is 12.5. The number of nitrogens with zero attached hydrogens (tertiary/aromatic N) is 1. The Balaban J connectivity index is 1.35. The van der Waals surface area contributed by atoms with Crippen LogP contribution in [0.4, 0.5) is 10.8 Å². The lowest BCUT2D eigenvalue weighted by Crippen LogP contribution is -2.15. The molecular formula is C22H21N3O2S. The summed E-state index contributed by atoms with van der Waals surface area (Å²) in [5.74, 6) is -0.273. The van der Waals surface area contributed by atoms with Crippen LogP contribution in [0.15, 0.2) is 54.6 Å². The summed E-state index contributed by atoms with van der Waals surface area (Å²) in [6.07, 6.45) is 4.73. The molecule has 1 aliphatic carbocycles. The molecule has 0 atom stereocenters. The van der Waals surface area contributed by atoms with Gasteiger partial charge in [-0.25, -0.2) is 4.98 Å². The minimum Gasteiger partial charge on any atom is -0.326 e. The van der Waals surface area contributed by atoms with Crippen LogP contribution in [0.25, 0.3) is 0 Å². The third-order valence-corrected chi connectivity index (χ3v) is 5.78. The van der Waals surface area contributed by atoms with Gasteiger partial charge in [-0.1, -0.05) is 30.3 Å². The van der Waals surface area contributed by atoms with Crippen LogP contribution in [-0.2, 0) is 24.1 Å². The summed E-state index contributed by atoms with van der Waals surface area (Å²) in [6, 6.07) is 16.5. The number of aryl methyl sites for hydroxylation is 2. The van der Waals surface area contributed by atoms with E-state index >= 15 is 0 Å². The normalized spacial score (nSPS) is 12.9. The van der Waals surface area contributed by atoms with Gasteiger partial charge in [0.05, 0.1) is 12.1 Å². The number of hydrogen-bond acceptors (Lipinski definition) is 4. The molecule has 1 aromatic heterocycles. The lowest BCUT2D eigenvalue weighted by Gasteiger charge is -2.07. The van der Waals surface area contributed by atoms with Gasteiger partial charge in [0.15, 0.2) is 5.13 Å². The highest BCUT2D eigenvalue weighted by Gasteiger charge is 2.17. The molecule has 4 rings (SSSR count). The molecule has 0 saturated carbocycles. The standard InChI is InChI=1S/C22H21N3O2S/c26-20(14-15-6-2-1-3-7-15)23-17-12-10-16(11-13-17)21(27)25-22-24-18-8-4-5-9-19(18)28-22/h1-3,6-7,10-13H,4-5,8-9,14H2,(H,23,26)(H,24,25,27). The molecule has 0 radical (unpaired) electrons. The molecule has 5 nitrogen and oxygen atoms in total. The van der Waals surface area contributed by atoms with E-state index in [0.29, 0.717) is 22.8 Å². The van der Waals surface area contributed by atoms with Crippen molar-refractivity contribution in [3.05, 3.63) is 76.3 Å². The number of anilines is 2. The first-order valence-corrected chi connectivity index (χ1v) is 10.2. The summed E-state index contributed by atoms with van der Waals surface area (Å²) in [6.45, 7) is 0. The van der Waals surface area contributed by atoms with Crippen molar-refractivity contribution in [2.24, 2.45) is 0 Å². The Morgan fingerprint density at radius 3 is 2.43 bits per heavy atom. The maximum atomic E-state index is 12.5. The first kappa shape index (κ1) is 18.4. The minimum atomic E-state index is -0.187. The largest absolute Gasteiger partial charge is 0.326 e. The molecule has 6 heteroatoms. The molecule has 3 aromatic rings. The van der Waals surface area contributed by atoms with Gasteiger partial charge in [0.2, 0.25) is 5.91 Å². The van der Waals surface area contributed by atoms with Crippen molar-refractivity contribution in [3.63, 3.8) is 0 Å². The molecule has 2 aromatic carbocycles. The molecule has 0 saturated heterocycles. The van der Waals surface area contributed by atoms with Crippen molar-refractivity contribution in [1.29, 1.82) is 0 Å². The SMILES string of the molecule is O=C(Cc1ccccc1)Nc1ccc(C(=O)Nc2nc3c(s2)CCCC3)cc1. The van der Waals surface area contributed by atoms with Crippen LogP contribution >= 0.6 is 11.3 Å². The van der Waals surface area contributed by atoms with Gasteiger partial charge < -0.3 is 5.32 Å². The molecule has 2 N–H and O–H groups in total. The second-order valence-electron chi connectivity index (χ2n) is 6.84. The highest BCUT2D eigenvalue weighted by atomic mass is 32.1. The van der Waals surface area contributed by atoms with Gasteiger partial charge in [-0.15, -0.1) is 11.3 Å². The van der Waals surface area contributed by atoms with Crippen LogP contribution in [0.1, 0.15) is 39.3 Å². The van der Waals surface area contributed by atoms with Crippen LogP contribution in [0, 0.1) is 0 Å². The zero-order valence-electron chi connectivity index (χ0n) is 15.4. The Morgan fingerprint density at radius 2 is 1.68 bits per heavy atom. The van der Waals surface area contributed by atoms with Gasteiger partial charge in [-0.2, -0.15) is 0 Å². The third-order valence-electron chi connectivity index (χ3n) is 4.70. The predicted octanol–water partition coefficient (Wildman–Crippen LogP) is 4.46. The Labute approximate surface area is 167 Å². The Bertz CT molecular complexity index is 957. The van der Waals surface area contributed by atoms with Gasteiger partial charge in [-0.3, -0.25) is 14.9 Å². The number of amides is 2. The van der Waals surface area contributed by atoms with E-state index in [0.717, 1.165) is 24.1 Å². The Morgan fingerprint density at radius 1 is 0.929 bits per heavy atom. The van der Waals surface area contributed by atoms with E-state index < -0.39 is 0 Å². The summed E-state index contributed by atoms with van der Waals surface area (Å²) in [4.78, 5) is 30.4. The highest BCUT2D eigenvalue weighted by Crippen LogP contribution is 2.29. The van der Waals surface area contributed by atoms with Crippen molar-refractivity contribution in [2.75, 3.05) is 10.6 Å². The van der Waals surface area contributed by atoms with E-state index in [1.165, 1.54) is 17.7 Å². The van der Waals surface area contributed by atoms with E-state index in [-0.39, 0.29) is 11.8 Å². The maximum Gasteiger partial charge on any atom is 0.257 e. The van der Waals surface area contributed by atoms with Gasteiger partial charge in [0.25, 0.3) is 5.91 Å². The fourth-order valence-electron chi connectivity index (χ4n) is 3.27. The summed E-state index contributed by atoms with van der Waals surface area (Å²) in [5.41, 5.74) is 3.29. The van der Waals surface area contributed by atoms with Crippen molar-refractivity contribution < 1.29 is 9.59 Å². The zero-order valence-corrected chi connectivity index (χ0v) is 16.2. The Kier molecular flexibility index (Phi) is 5.48. The molecule has 2 amide bonds. The monoisotopic (exact) mass is 391 g/mol. The molecule has 0 aliphatic heterocycles. The number of thiazole rings is 1.